The molecule has 2 aromatic heterocycles. The summed E-state index contributed by atoms with van der Waals surface area (Å²) in [6.45, 7) is 9.82. The summed E-state index contributed by atoms with van der Waals surface area (Å²) in [6.07, 6.45) is 2.38. The van der Waals surface area contributed by atoms with Crippen LogP contribution in [0, 0.1) is 0 Å². The van der Waals surface area contributed by atoms with Crippen molar-refractivity contribution in [2.45, 2.75) is 51.4 Å². The lowest BCUT2D eigenvalue weighted by atomic mass is 9.58. The standard InChI is InChI=1S/C50H41BN2S/c1-49(2)25-26-50(3,4)39-29-43-37(28-38(39)49)45-35(34-20-14-19-33-32-18-9-13-24-44(32)54-48(33)34)27-36(46-47(45)53(43)42-23-12-10-21-40(42)51-46)31-17-8-11-22-41(31)52-30-15-6-5-7-16-30/h5-24,27-29,51-52H,25-26H2,1-4H3. The minimum Gasteiger partial charge on any atom is -0.355 e. The lowest BCUT2D eigenvalue weighted by Gasteiger charge is -2.42. The SMILES string of the molecule is CC1(C)CCC(C)(C)c2cc3c(cc21)c1c(-c2cccc4c2sc2ccccc24)cc(-c2ccccc2Nc2ccccc2)c2c1n3-c1ccccc1B2. The Bertz CT molecular complexity index is 3000. The highest BCUT2D eigenvalue weighted by molar-refractivity contribution is 7.26. The summed E-state index contributed by atoms with van der Waals surface area (Å²) in [7, 11) is 0.877. The van der Waals surface area contributed by atoms with E-state index in [0.717, 1.165) is 18.7 Å². The predicted molar refractivity (Wildman–Crippen MR) is 236 cm³/mol. The number of rotatable bonds is 4. The van der Waals surface area contributed by atoms with E-state index in [1.54, 1.807) is 0 Å². The molecule has 2 aliphatic rings. The zero-order chi connectivity index (χ0) is 36.3. The number of nitrogens with one attached hydrogen (secondary N) is 1. The van der Waals surface area contributed by atoms with E-state index in [-0.39, 0.29) is 10.8 Å². The van der Waals surface area contributed by atoms with E-state index in [9.17, 15) is 0 Å². The normalized spacial score (nSPS) is 15.3. The molecule has 54 heavy (non-hydrogen) atoms. The molecule has 1 N–H and O–H groups in total. The number of nitrogens with zero attached hydrogens (tertiary/aromatic N) is 1. The Kier molecular flexibility index (Phi) is 6.77. The summed E-state index contributed by atoms with van der Waals surface area (Å²) >= 11 is 1.93. The lowest BCUT2D eigenvalue weighted by molar-refractivity contribution is 0.332. The summed E-state index contributed by atoms with van der Waals surface area (Å²) in [4.78, 5) is 0. The summed E-state index contributed by atoms with van der Waals surface area (Å²) in [5.74, 6) is 0. The second kappa shape index (κ2) is 11.5. The maximum Gasteiger partial charge on any atom is 0.198 e. The van der Waals surface area contributed by atoms with Crippen molar-refractivity contribution in [2.24, 2.45) is 0 Å². The van der Waals surface area contributed by atoms with Gasteiger partial charge in [-0.05, 0) is 99.9 Å². The zero-order valence-corrected chi connectivity index (χ0v) is 32.1. The van der Waals surface area contributed by atoms with Gasteiger partial charge in [0.05, 0.1) is 5.52 Å². The molecule has 3 heterocycles. The molecule has 2 nitrogen and oxygen atoms in total. The van der Waals surface area contributed by atoms with Gasteiger partial charge in [-0.1, -0.05) is 124 Å². The van der Waals surface area contributed by atoms with Gasteiger partial charge in [0.1, 0.15) is 0 Å². The van der Waals surface area contributed by atoms with Gasteiger partial charge in [0, 0.05) is 64.7 Å². The molecule has 0 radical (unpaired) electrons. The van der Waals surface area contributed by atoms with Crippen molar-refractivity contribution < 1.29 is 0 Å². The molecule has 4 heteroatoms. The average molecular weight is 713 g/mol. The van der Waals surface area contributed by atoms with Crippen LogP contribution in [-0.4, -0.2) is 11.8 Å². The van der Waals surface area contributed by atoms with Crippen LogP contribution in [0.15, 0.2) is 140 Å². The maximum absolute atomic E-state index is 3.81. The van der Waals surface area contributed by atoms with E-state index in [0.29, 0.717) is 0 Å². The van der Waals surface area contributed by atoms with Crippen LogP contribution < -0.4 is 16.2 Å². The summed E-state index contributed by atoms with van der Waals surface area (Å²) in [5.41, 5.74) is 17.3. The fourth-order valence-corrected chi connectivity index (χ4v) is 11.0. The predicted octanol–water partition coefficient (Wildman–Crippen LogP) is 12.3. The number of hydrogen-bond donors (Lipinski definition) is 1. The Morgan fingerprint density at radius 3 is 2.13 bits per heavy atom. The Morgan fingerprint density at radius 2 is 1.28 bits per heavy atom. The van der Waals surface area contributed by atoms with Crippen molar-refractivity contribution in [1.29, 1.82) is 0 Å². The molecule has 1 aliphatic heterocycles. The van der Waals surface area contributed by atoms with Gasteiger partial charge in [0.2, 0.25) is 0 Å². The summed E-state index contributed by atoms with van der Waals surface area (Å²) < 4.78 is 5.33. The van der Waals surface area contributed by atoms with Crippen molar-refractivity contribution >= 4 is 82.9 Å². The molecule has 0 saturated carbocycles. The highest BCUT2D eigenvalue weighted by Crippen LogP contribution is 2.51. The Balaban J connectivity index is 1.33. The average Bonchev–Trinajstić information content (AvgIpc) is 3.74. The van der Waals surface area contributed by atoms with Crippen LogP contribution >= 0.6 is 11.3 Å². The molecule has 0 bridgehead atoms. The van der Waals surface area contributed by atoms with Gasteiger partial charge in [-0.3, -0.25) is 0 Å². The van der Waals surface area contributed by atoms with Crippen molar-refractivity contribution in [2.75, 3.05) is 5.32 Å². The highest BCUT2D eigenvalue weighted by Gasteiger charge is 2.39. The molecule has 0 amide bonds. The van der Waals surface area contributed by atoms with E-state index in [1.165, 1.54) is 105 Å². The first-order chi connectivity index (χ1) is 26.3. The molecular weight excluding hydrogens is 671 g/mol. The molecule has 0 saturated heterocycles. The van der Waals surface area contributed by atoms with Crippen molar-refractivity contribution in [1.82, 2.24) is 4.57 Å². The second-order valence-corrected chi connectivity index (χ2v) is 17.9. The van der Waals surface area contributed by atoms with Gasteiger partial charge >= 0.3 is 0 Å². The number of fused-ring (bicyclic) bond motifs is 9. The van der Waals surface area contributed by atoms with E-state index in [4.69, 9.17) is 0 Å². The molecule has 7 aromatic carbocycles. The number of thiophene rings is 1. The number of benzene rings is 7. The number of hydrogen-bond acceptors (Lipinski definition) is 2. The van der Waals surface area contributed by atoms with Gasteiger partial charge in [-0.15, -0.1) is 11.3 Å². The third kappa shape index (κ3) is 4.59. The van der Waals surface area contributed by atoms with Gasteiger partial charge in [-0.25, -0.2) is 0 Å². The molecule has 0 fully saturated rings. The lowest BCUT2D eigenvalue weighted by Crippen LogP contribution is -2.37. The van der Waals surface area contributed by atoms with Crippen LogP contribution in [0.4, 0.5) is 11.4 Å². The third-order valence-electron chi connectivity index (χ3n) is 12.7. The topological polar surface area (TPSA) is 17.0 Å². The Morgan fingerprint density at radius 1 is 0.593 bits per heavy atom. The molecule has 1 aliphatic carbocycles. The fraction of sp³-hybridized carbons (Fsp3) is 0.160. The van der Waals surface area contributed by atoms with Crippen molar-refractivity contribution in [3.63, 3.8) is 0 Å². The van der Waals surface area contributed by atoms with Crippen LogP contribution in [-0.2, 0) is 10.8 Å². The molecule has 11 rings (SSSR count). The van der Waals surface area contributed by atoms with Gasteiger partial charge in [-0.2, -0.15) is 0 Å². The quantitative estimate of drug-likeness (QED) is 0.180. The molecule has 0 unspecified atom stereocenters. The van der Waals surface area contributed by atoms with E-state index in [1.807, 2.05) is 11.3 Å². The van der Waals surface area contributed by atoms with E-state index in [2.05, 4.69) is 177 Å². The highest BCUT2D eigenvalue weighted by atomic mass is 32.1. The molecular formula is C50H41BN2S. The molecule has 9 aromatic rings. The monoisotopic (exact) mass is 712 g/mol. The first kappa shape index (κ1) is 31.9. The van der Waals surface area contributed by atoms with Gasteiger partial charge < -0.3 is 9.88 Å². The minimum absolute atomic E-state index is 0.0992. The maximum atomic E-state index is 3.81. The second-order valence-electron chi connectivity index (χ2n) is 16.8. The van der Waals surface area contributed by atoms with Crippen LogP contribution in [0.1, 0.15) is 51.7 Å². The molecule has 0 atom stereocenters. The molecule has 0 spiro atoms. The van der Waals surface area contributed by atoms with Crippen LogP contribution in [0.3, 0.4) is 0 Å². The number of aromatic nitrogens is 1. The zero-order valence-electron chi connectivity index (χ0n) is 31.3. The van der Waals surface area contributed by atoms with Crippen molar-refractivity contribution in [3.8, 4) is 27.9 Å². The van der Waals surface area contributed by atoms with Crippen molar-refractivity contribution in [3.05, 3.63) is 151 Å². The van der Waals surface area contributed by atoms with Gasteiger partial charge in [0.15, 0.2) is 7.28 Å². The van der Waals surface area contributed by atoms with Gasteiger partial charge in [0.25, 0.3) is 0 Å². The van der Waals surface area contributed by atoms with E-state index >= 15 is 0 Å². The first-order valence-electron chi connectivity index (χ1n) is 19.4. The minimum atomic E-state index is 0.0992. The summed E-state index contributed by atoms with van der Waals surface area (Å²) in [5, 5.41) is 9.21. The number of para-hydroxylation sites is 3. The van der Waals surface area contributed by atoms with Crippen LogP contribution in [0.5, 0.6) is 0 Å². The largest absolute Gasteiger partial charge is 0.355 e. The molecule has 260 valence electrons. The number of anilines is 2. The first-order valence-corrected chi connectivity index (χ1v) is 20.2. The summed E-state index contributed by atoms with van der Waals surface area (Å²) in [6, 6.07) is 52.2. The Hall–Kier alpha value is -5.58. The fourth-order valence-electron chi connectivity index (χ4n) is 9.75. The van der Waals surface area contributed by atoms with Crippen LogP contribution in [0.2, 0.25) is 0 Å². The third-order valence-corrected chi connectivity index (χ3v) is 13.9. The Labute approximate surface area is 321 Å². The van der Waals surface area contributed by atoms with E-state index < -0.39 is 0 Å². The smallest absolute Gasteiger partial charge is 0.198 e. The van der Waals surface area contributed by atoms with Crippen LogP contribution in [0.25, 0.3) is 69.9 Å².